The maximum Gasteiger partial charge on any atom is 0.309 e. The first-order chi connectivity index (χ1) is 12.9. The molecule has 0 saturated heterocycles. The Balaban J connectivity index is 2.24. The lowest BCUT2D eigenvalue weighted by atomic mass is 9.81. The van der Waals surface area contributed by atoms with E-state index in [2.05, 4.69) is 20.8 Å². The first kappa shape index (κ1) is 24.0. The van der Waals surface area contributed by atoms with E-state index in [9.17, 15) is 14.7 Å². The highest BCUT2D eigenvalue weighted by atomic mass is 16.5. The fourth-order valence-corrected chi connectivity index (χ4v) is 4.10. The minimum Gasteiger partial charge on any atom is -0.481 e. The molecule has 1 aliphatic rings. The van der Waals surface area contributed by atoms with E-state index in [4.69, 9.17) is 4.74 Å². The normalized spacial score (nSPS) is 21.2. The standard InChI is InChI=1S/C23H42O4/c1-4-12-21(16-10-8-6-5-7-9-13-18(2)3)27-23(26)20-15-11-14-19(17-20)22(24)25/h18-21H,4-17H2,1-3H3,(H,24,25). The highest BCUT2D eigenvalue weighted by Crippen LogP contribution is 2.31. The van der Waals surface area contributed by atoms with Crippen molar-refractivity contribution < 1.29 is 19.4 Å². The molecule has 1 rings (SSSR count). The molecule has 0 amide bonds. The summed E-state index contributed by atoms with van der Waals surface area (Å²) in [5.41, 5.74) is 0. The van der Waals surface area contributed by atoms with Gasteiger partial charge in [0, 0.05) is 0 Å². The Kier molecular flexibility index (Phi) is 12.4. The summed E-state index contributed by atoms with van der Waals surface area (Å²) in [5, 5.41) is 9.20. The highest BCUT2D eigenvalue weighted by Gasteiger charge is 2.32. The molecule has 4 heteroatoms. The molecule has 3 unspecified atom stereocenters. The summed E-state index contributed by atoms with van der Waals surface area (Å²) in [6.45, 7) is 6.69. The van der Waals surface area contributed by atoms with Crippen LogP contribution in [0.2, 0.25) is 0 Å². The van der Waals surface area contributed by atoms with Crippen LogP contribution in [0.3, 0.4) is 0 Å². The summed E-state index contributed by atoms with van der Waals surface area (Å²) in [4.78, 5) is 23.7. The summed E-state index contributed by atoms with van der Waals surface area (Å²) in [6, 6.07) is 0. The summed E-state index contributed by atoms with van der Waals surface area (Å²) in [5.74, 6) is -0.722. The minimum absolute atomic E-state index is 0.00801. The van der Waals surface area contributed by atoms with E-state index in [0.29, 0.717) is 12.8 Å². The van der Waals surface area contributed by atoms with Crippen LogP contribution in [0.4, 0.5) is 0 Å². The molecule has 0 radical (unpaired) electrons. The predicted octanol–water partition coefficient (Wildman–Crippen LogP) is 6.37. The number of hydrogen-bond donors (Lipinski definition) is 1. The average Bonchev–Trinajstić information content (AvgIpc) is 2.63. The second kappa shape index (κ2) is 14.0. The number of hydrogen-bond acceptors (Lipinski definition) is 3. The molecule has 0 bridgehead atoms. The quantitative estimate of drug-likeness (QED) is 0.280. The number of esters is 1. The van der Waals surface area contributed by atoms with Gasteiger partial charge in [-0.3, -0.25) is 9.59 Å². The molecule has 1 saturated carbocycles. The molecule has 0 aliphatic heterocycles. The van der Waals surface area contributed by atoms with Crippen molar-refractivity contribution in [3.05, 3.63) is 0 Å². The van der Waals surface area contributed by atoms with Gasteiger partial charge >= 0.3 is 11.9 Å². The van der Waals surface area contributed by atoms with Crippen LogP contribution >= 0.6 is 0 Å². The molecule has 0 aromatic carbocycles. The first-order valence-corrected chi connectivity index (χ1v) is 11.4. The first-order valence-electron chi connectivity index (χ1n) is 11.4. The van der Waals surface area contributed by atoms with Crippen molar-refractivity contribution in [2.24, 2.45) is 17.8 Å². The number of ether oxygens (including phenoxy) is 1. The van der Waals surface area contributed by atoms with Gasteiger partial charge in [-0.1, -0.05) is 72.1 Å². The van der Waals surface area contributed by atoms with Crippen molar-refractivity contribution in [3.8, 4) is 0 Å². The van der Waals surface area contributed by atoms with E-state index in [1.165, 1.54) is 38.5 Å². The maximum atomic E-state index is 12.5. The largest absolute Gasteiger partial charge is 0.481 e. The van der Waals surface area contributed by atoms with Gasteiger partial charge in [-0.25, -0.2) is 0 Å². The lowest BCUT2D eigenvalue weighted by molar-refractivity contribution is -0.157. The van der Waals surface area contributed by atoms with E-state index in [1.807, 2.05) is 0 Å². The third kappa shape index (κ3) is 10.8. The molecule has 27 heavy (non-hydrogen) atoms. The average molecular weight is 383 g/mol. The zero-order valence-electron chi connectivity index (χ0n) is 17.9. The van der Waals surface area contributed by atoms with Crippen LogP contribution in [0, 0.1) is 17.8 Å². The van der Waals surface area contributed by atoms with Crippen LogP contribution in [-0.2, 0) is 14.3 Å². The van der Waals surface area contributed by atoms with Gasteiger partial charge in [0.15, 0.2) is 0 Å². The Bertz CT molecular complexity index is 419. The third-order valence-electron chi connectivity index (χ3n) is 5.81. The molecule has 158 valence electrons. The van der Waals surface area contributed by atoms with Crippen molar-refractivity contribution in [1.29, 1.82) is 0 Å². The molecular weight excluding hydrogens is 340 g/mol. The molecular formula is C23H42O4. The molecule has 0 aromatic rings. The Hall–Kier alpha value is -1.06. The summed E-state index contributed by atoms with van der Waals surface area (Å²) in [6.07, 6.45) is 14.5. The van der Waals surface area contributed by atoms with Crippen molar-refractivity contribution in [2.75, 3.05) is 0 Å². The Morgan fingerprint density at radius 2 is 1.52 bits per heavy atom. The van der Waals surface area contributed by atoms with E-state index >= 15 is 0 Å². The van der Waals surface area contributed by atoms with Crippen molar-refractivity contribution in [3.63, 3.8) is 0 Å². The van der Waals surface area contributed by atoms with Gasteiger partial charge in [0.05, 0.1) is 11.8 Å². The molecule has 1 N–H and O–H groups in total. The minimum atomic E-state index is -0.772. The van der Waals surface area contributed by atoms with E-state index in [1.54, 1.807) is 0 Å². The van der Waals surface area contributed by atoms with Gasteiger partial charge in [0.1, 0.15) is 6.10 Å². The van der Waals surface area contributed by atoms with Gasteiger partial charge in [0.25, 0.3) is 0 Å². The molecule has 4 nitrogen and oxygen atoms in total. The number of carboxylic acid groups (broad SMARTS) is 1. The summed E-state index contributed by atoms with van der Waals surface area (Å²) in [7, 11) is 0. The van der Waals surface area contributed by atoms with E-state index in [0.717, 1.165) is 44.4 Å². The van der Waals surface area contributed by atoms with Gasteiger partial charge in [-0.05, 0) is 44.4 Å². The lowest BCUT2D eigenvalue weighted by Crippen LogP contribution is -2.31. The molecule has 3 atom stereocenters. The topological polar surface area (TPSA) is 63.6 Å². The number of unbranched alkanes of at least 4 members (excludes halogenated alkanes) is 5. The van der Waals surface area contributed by atoms with E-state index in [-0.39, 0.29) is 23.9 Å². The van der Waals surface area contributed by atoms with Crippen LogP contribution in [0.15, 0.2) is 0 Å². The second-order valence-corrected chi connectivity index (χ2v) is 8.84. The monoisotopic (exact) mass is 382 g/mol. The molecule has 0 spiro atoms. The number of rotatable bonds is 14. The number of aliphatic carboxylic acids is 1. The summed E-state index contributed by atoms with van der Waals surface area (Å²) >= 11 is 0. The summed E-state index contributed by atoms with van der Waals surface area (Å²) < 4.78 is 5.80. The van der Waals surface area contributed by atoms with Crippen LogP contribution in [0.5, 0.6) is 0 Å². The maximum absolute atomic E-state index is 12.5. The Morgan fingerprint density at radius 3 is 2.11 bits per heavy atom. The van der Waals surface area contributed by atoms with Crippen molar-refractivity contribution in [1.82, 2.24) is 0 Å². The van der Waals surface area contributed by atoms with Gasteiger partial charge < -0.3 is 9.84 Å². The van der Waals surface area contributed by atoms with Gasteiger partial charge in [0.2, 0.25) is 0 Å². The SMILES string of the molecule is CCCC(CCCCCCCCC(C)C)OC(=O)C1CCCC(C(=O)O)C1. The molecule has 0 aromatic heterocycles. The number of carboxylic acids is 1. The van der Waals surface area contributed by atoms with Crippen molar-refractivity contribution >= 4 is 11.9 Å². The fraction of sp³-hybridized carbons (Fsp3) is 0.913. The third-order valence-corrected chi connectivity index (χ3v) is 5.81. The second-order valence-electron chi connectivity index (χ2n) is 8.84. The number of carbonyl (C=O) groups is 2. The molecule has 0 heterocycles. The fourth-order valence-electron chi connectivity index (χ4n) is 4.10. The van der Waals surface area contributed by atoms with E-state index < -0.39 is 5.97 Å². The van der Waals surface area contributed by atoms with Crippen LogP contribution in [0.1, 0.15) is 111 Å². The van der Waals surface area contributed by atoms with Crippen LogP contribution < -0.4 is 0 Å². The lowest BCUT2D eigenvalue weighted by Gasteiger charge is -2.27. The smallest absolute Gasteiger partial charge is 0.309 e. The molecule has 1 aliphatic carbocycles. The van der Waals surface area contributed by atoms with Crippen molar-refractivity contribution in [2.45, 2.75) is 117 Å². The predicted molar refractivity (Wildman–Crippen MR) is 110 cm³/mol. The van der Waals surface area contributed by atoms with Gasteiger partial charge in [-0.2, -0.15) is 0 Å². The Morgan fingerprint density at radius 1 is 0.926 bits per heavy atom. The zero-order chi connectivity index (χ0) is 20.1. The highest BCUT2D eigenvalue weighted by molar-refractivity contribution is 5.75. The molecule has 1 fully saturated rings. The number of carbonyl (C=O) groups excluding carboxylic acids is 1. The van der Waals surface area contributed by atoms with Gasteiger partial charge in [-0.15, -0.1) is 0 Å². The van der Waals surface area contributed by atoms with Crippen LogP contribution in [0.25, 0.3) is 0 Å². The Labute approximate surface area is 166 Å². The van der Waals surface area contributed by atoms with Crippen LogP contribution in [-0.4, -0.2) is 23.1 Å². The zero-order valence-corrected chi connectivity index (χ0v) is 17.9.